The molecule has 0 unspecified atom stereocenters. The van der Waals surface area contributed by atoms with Crippen molar-refractivity contribution in [2.75, 3.05) is 6.54 Å². The van der Waals surface area contributed by atoms with Gasteiger partial charge in [0.05, 0.1) is 12.6 Å². The third-order valence-corrected chi connectivity index (χ3v) is 4.66. The highest BCUT2D eigenvalue weighted by molar-refractivity contribution is 5.97. The normalized spacial score (nSPS) is 31.4. The minimum Gasteiger partial charge on any atom is -0.444 e. The van der Waals surface area contributed by atoms with E-state index in [1.165, 1.54) is 11.8 Å². The van der Waals surface area contributed by atoms with Crippen LogP contribution in [0.5, 0.6) is 0 Å². The van der Waals surface area contributed by atoms with E-state index in [9.17, 15) is 14.4 Å². The fraction of sp³-hybridized carbons (Fsp3) is 0.706. The van der Waals surface area contributed by atoms with Gasteiger partial charge in [-0.1, -0.05) is 6.08 Å². The van der Waals surface area contributed by atoms with Gasteiger partial charge in [-0.3, -0.25) is 19.3 Å². The van der Waals surface area contributed by atoms with Gasteiger partial charge in [0.1, 0.15) is 17.2 Å². The van der Waals surface area contributed by atoms with Crippen LogP contribution in [0.3, 0.4) is 0 Å². The van der Waals surface area contributed by atoms with E-state index in [4.69, 9.17) is 15.5 Å². The molecular weight excluding hydrogens is 326 g/mol. The molecule has 0 aromatic carbocycles. The van der Waals surface area contributed by atoms with Crippen molar-refractivity contribution in [2.24, 2.45) is 11.8 Å². The number of nitrogens with zero attached hydrogens (tertiary/aromatic N) is 1. The van der Waals surface area contributed by atoms with E-state index in [1.807, 2.05) is 0 Å². The van der Waals surface area contributed by atoms with E-state index in [-0.39, 0.29) is 24.7 Å². The maximum atomic E-state index is 12.8. The summed E-state index contributed by atoms with van der Waals surface area (Å²) in [5, 5.41) is 2.80. The molecule has 3 N–H and O–H groups in total. The van der Waals surface area contributed by atoms with Crippen molar-refractivity contribution in [3.63, 3.8) is 0 Å². The first-order valence-electron chi connectivity index (χ1n) is 8.35. The standard InChI is InChI=1S/C17H27N3O5/c1-6-11-8-17(11,10(2)21)19-14(22)13-7-12(25-18)9-20(13)15(23)24-16(3,4)5/h6,11-13H,1,7-9,18H2,2-5H3,(H,19,22)/t11-,12-,13+,17+/m1/s1. The van der Waals surface area contributed by atoms with Crippen molar-refractivity contribution in [3.05, 3.63) is 12.7 Å². The molecule has 4 atom stereocenters. The summed E-state index contributed by atoms with van der Waals surface area (Å²) in [6, 6.07) is -0.800. The molecule has 0 aromatic rings. The zero-order valence-electron chi connectivity index (χ0n) is 15.2. The fourth-order valence-corrected chi connectivity index (χ4v) is 3.18. The Morgan fingerprint density at radius 3 is 2.44 bits per heavy atom. The summed E-state index contributed by atoms with van der Waals surface area (Å²) in [7, 11) is 0. The lowest BCUT2D eigenvalue weighted by Gasteiger charge is -2.28. The molecule has 0 spiro atoms. The molecule has 0 radical (unpaired) electrons. The largest absolute Gasteiger partial charge is 0.444 e. The second kappa shape index (κ2) is 6.76. The van der Waals surface area contributed by atoms with Gasteiger partial charge in [0.2, 0.25) is 5.91 Å². The number of Topliss-reactive ketones (excluding diaryl/α,β-unsaturated/α-hetero) is 1. The predicted octanol–water partition coefficient (Wildman–Crippen LogP) is 0.905. The van der Waals surface area contributed by atoms with Gasteiger partial charge in [0.25, 0.3) is 0 Å². The van der Waals surface area contributed by atoms with Crippen molar-refractivity contribution in [1.29, 1.82) is 0 Å². The second-order valence-electron chi connectivity index (χ2n) is 7.71. The molecule has 2 aliphatic rings. The van der Waals surface area contributed by atoms with Crippen LogP contribution in [0.25, 0.3) is 0 Å². The first kappa shape index (κ1) is 19.4. The molecule has 25 heavy (non-hydrogen) atoms. The van der Waals surface area contributed by atoms with Crippen LogP contribution in [0.2, 0.25) is 0 Å². The number of carbonyl (C=O) groups excluding carboxylic acids is 3. The maximum Gasteiger partial charge on any atom is 0.411 e. The molecule has 1 saturated heterocycles. The zero-order chi connectivity index (χ0) is 19.0. The Kier molecular flexibility index (Phi) is 5.24. The zero-order valence-corrected chi connectivity index (χ0v) is 15.2. The number of amides is 2. The molecule has 0 aromatic heterocycles. The van der Waals surface area contributed by atoms with Gasteiger partial charge in [0, 0.05) is 12.3 Å². The van der Waals surface area contributed by atoms with Crippen molar-refractivity contribution in [2.45, 2.75) is 63.8 Å². The Labute approximate surface area is 147 Å². The number of likely N-dealkylation sites (tertiary alicyclic amines) is 1. The number of ketones is 1. The van der Waals surface area contributed by atoms with Crippen LogP contribution in [-0.4, -0.2) is 52.5 Å². The van der Waals surface area contributed by atoms with Crippen LogP contribution in [0.15, 0.2) is 12.7 Å². The molecule has 1 heterocycles. The predicted molar refractivity (Wildman–Crippen MR) is 90.3 cm³/mol. The average molecular weight is 353 g/mol. The number of nitrogens with one attached hydrogen (secondary N) is 1. The highest BCUT2D eigenvalue weighted by Gasteiger charge is 2.58. The van der Waals surface area contributed by atoms with E-state index >= 15 is 0 Å². The Morgan fingerprint density at radius 1 is 1.36 bits per heavy atom. The summed E-state index contributed by atoms with van der Waals surface area (Å²) in [5.41, 5.74) is -1.61. The van der Waals surface area contributed by atoms with Crippen LogP contribution in [0.1, 0.15) is 40.5 Å². The molecular formula is C17H27N3O5. The van der Waals surface area contributed by atoms with E-state index in [0.29, 0.717) is 6.42 Å². The number of hydrogen-bond acceptors (Lipinski definition) is 6. The van der Waals surface area contributed by atoms with E-state index in [2.05, 4.69) is 11.9 Å². The number of ether oxygens (including phenoxy) is 1. The summed E-state index contributed by atoms with van der Waals surface area (Å²) in [6.45, 7) is 10.5. The quantitative estimate of drug-likeness (QED) is 0.561. The Morgan fingerprint density at radius 2 is 2.00 bits per heavy atom. The minimum atomic E-state index is -0.917. The van der Waals surface area contributed by atoms with Gasteiger partial charge < -0.3 is 10.1 Å². The smallest absolute Gasteiger partial charge is 0.411 e. The Balaban J connectivity index is 2.14. The molecule has 2 fully saturated rings. The first-order chi connectivity index (χ1) is 11.5. The summed E-state index contributed by atoms with van der Waals surface area (Å²) in [5.74, 6) is 4.61. The van der Waals surface area contributed by atoms with E-state index in [0.717, 1.165) is 0 Å². The monoisotopic (exact) mass is 353 g/mol. The lowest BCUT2D eigenvalue weighted by atomic mass is 10.1. The molecule has 2 amide bonds. The fourth-order valence-electron chi connectivity index (χ4n) is 3.18. The summed E-state index contributed by atoms with van der Waals surface area (Å²) < 4.78 is 5.36. The van der Waals surface area contributed by atoms with Crippen molar-refractivity contribution in [3.8, 4) is 0 Å². The van der Waals surface area contributed by atoms with Crippen molar-refractivity contribution in [1.82, 2.24) is 10.2 Å². The SMILES string of the molecule is C=C[C@@H]1C[C@]1(NC(=O)[C@@H]1C[C@@H](ON)CN1C(=O)OC(C)(C)C)C(C)=O. The van der Waals surface area contributed by atoms with Gasteiger partial charge in [0.15, 0.2) is 5.78 Å². The average Bonchev–Trinajstić information content (AvgIpc) is 3.04. The molecule has 8 heteroatoms. The highest BCUT2D eigenvalue weighted by atomic mass is 16.6. The lowest BCUT2D eigenvalue weighted by Crippen LogP contribution is -2.53. The van der Waals surface area contributed by atoms with Crippen molar-refractivity contribution < 1.29 is 24.0 Å². The van der Waals surface area contributed by atoms with Gasteiger partial charge in [-0.25, -0.2) is 10.7 Å². The minimum absolute atomic E-state index is 0.0908. The number of nitrogens with two attached hydrogens (primary N) is 1. The van der Waals surface area contributed by atoms with E-state index < -0.39 is 35.3 Å². The summed E-state index contributed by atoms with van der Waals surface area (Å²) in [6.07, 6.45) is 1.35. The summed E-state index contributed by atoms with van der Waals surface area (Å²) in [4.78, 5) is 43.3. The maximum absolute atomic E-state index is 12.8. The second-order valence-corrected chi connectivity index (χ2v) is 7.71. The number of carbonyl (C=O) groups is 3. The summed E-state index contributed by atoms with van der Waals surface area (Å²) >= 11 is 0. The van der Waals surface area contributed by atoms with Gasteiger partial charge in [-0.15, -0.1) is 6.58 Å². The Bertz CT molecular complexity index is 585. The van der Waals surface area contributed by atoms with Crippen LogP contribution >= 0.6 is 0 Å². The molecule has 140 valence electrons. The van der Waals surface area contributed by atoms with Crippen LogP contribution < -0.4 is 11.2 Å². The lowest BCUT2D eigenvalue weighted by molar-refractivity contribution is -0.130. The molecule has 0 bridgehead atoms. The molecule has 1 aliphatic heterocycles. The molecule has 2 rings (SSSR count). The Hall–Kier alpha value is -1.93. The number of hydrogen-bond donors (Lipinski definition) is 2. The van der Waals surface area contributed by atoms with Gasteiger partial charge >= 0.3 is 6.09 Å². The molecule has 8 nitrogen and oxygen atoms in total. The topological polar surface area (TPSA) is 111 Å². The third-order valence-electron chi connectivity index (χ3n) is 4.66. The highest BCUT2D eigenvalue weighted by Crippen LogP contribution is 2.45. The van der Waals surface area contributed by atoms with Gasteiger partial charge in [-0.05, 0) is 34.1 Å². The van der Waals surface area contributed by atoms with Crippen molar-refractivity contribution >= 4 is 17.8 Å². The molecule has 1 aliphatic carbocycles. The third kappa shape index (κ3) is 4.01. The van der Waals surface area contributed by atoms with Gasteiger partial charge in [-0.2, -0.15) is 0 Å². The first-order valence-corrected chi connectivity index (χ1v) is 8.35. The van der Waals surface area contributed by atoms with E-state index in [1.54, 1.807) is 26.8 Å². The number of rotatable bonds is 5. The van der Waals surface area contributed by atoms with Crippen LogP contribution in [-0.2, 0) is 19.2 Å². The van der Waals surface area contributed by atoms with Crippen LogP contribution in [0.4, 0.5) is 4.79 Å². The van der Waals surface area contributed by atoms with Crippen LogP contribution in [0, 0.1) is 5.92 Å². The molecule has 1 saturated carbocycles.